The van der Waals surface area contributed by atoms with Gasteiger partial charge in [-0.1, -0.05) is 50.3 Å². The van der Waals surface area contributed by atoms with Crippen LogP contribution in [0.3, 0.4) is 0 Å². The standard InChI is InChI=1S/C29H42N2O3/c1-21-17-27-26(12-11-23(3)29(27,33)18-28(21)34-24(4)32)22(2)19-30-13-8-14-31(16-15-30)20-25-9-6-5-7-10-25/h5-7,9-10,17,22-23,26-28,33H,8,11-16,19-20H2,1-4H3/t22-,23-,26+,27-,28-,29-/m1/s1. The molecule has 1 heterocycles. The average Bonchev–Trinajstić information content (AvgIpc) is 3.01. The summed E-state index contributed by atoms with van der Waals surface area (Å²) in [7, 11) is 0. The first-order valence-electron chi connectivity index (χ1n) is 13.1. The molecule has 1 N–H and O–H groups in total. The van der Waals surface area contributed by atoms with E-state index in [0.29, 0.717) is 11.8 Å². The Morgan fingerprint density at radius 2 is 1.88 bits per heavy atom. The third-order valence-corrected chi connectivity index (χ3v) is 8.36. The molecule has 0 unspecified atom stereocenters. The number of nitrogens with zero attached hydrogens (tertiary/aromatic N) is 2. The molecule has 0 amide bonds. The molecule has 0 aromatic heterocycles. The van der Waals surface area contributed by atoms with Gasteiger partial charge < -0.3 is 14.7 Å². The summed E-state index contributed by atoms with van der Waals surface area (Å²) >= 11 is 0. The molecule has 5 heteroatoms. The summed E-state index contributed by atoms with van der Waals surface area (Å²) in [6.45, 7) is 14.4. The Balaban J connectivity index is 1.39. The van der Waals surface area contributed by atoms with Gasteiger partial charge in [0.1, 0.15) is 6.10 Å². The summed E-state index contributed by atoms with van der Waals surface area (Å²) in [4.78, 5) is 16.8. The highest BCUT2D eigenvalue weighted by Crippen LogP contribution is 2.50. The van der Waals surface area contributed by atoms with Gasteiger partial charge in [0.25, 0.3) is 0 Å². The number of benzene rings is 1. The van der Waals surface area contributed by atoms with Crippen molar-refractivity contribution in [3.8, 4) is 0 Å². The maximum atomic E-state index is 11.7. The Bertz CT molecular complexity index is 856. The van der Waals surface area contributed by atoms with E-state index in [-0.39, 0.29) is 17.8 Å². The van der Waals surface area contributed by atoms with E-state index in [2.05, 4.69) is 66.5 Å². The second-order valence-corrected chi connectivity index (χ2v) is 10.9. The summed E-state index contributed by atoms with van der Waals surface area (Å²) in [5.74, 6) is 0.669. The SMILES string of the molecule is CC(=O)O[C@@H]1[C][C@@]2(O)[C@H](C)CC[C@@H]([C@H](C)CN3CCCN(Cc4ccccc4)CC3)[C@H]2C=C1C. The summed E-state index contributed by atoms with van der Waals surface area (Å²) in [5, 5.41) is 11.7. The van der Waals surface area contributed by atoms with Gasteiger partial charge in [0.15, 0.2) is 0 Å². The van der Waals surface area contributed by atoms with E-state index >= 15 is 0 Å². The van der Waals surface area contributed by atoms with Crippen molar-refractivity contribution in [1.29, 1.82) is 0 Å². The van der Waals surface area contributed by atoms with Crippen molar-refractivity contribution in [2.45, 2.75) is 65.2 Å². The summed E-state index contributed by atoms with van der Waals surface area (Å²) in [6, 6.07) is 10.8. The molecule has 3 aliphatic rings. The minimum Gasteiger partial charge on any atom is -0.457 e. The van der Waals surface area contributed by atoms with Crippen LogP contribution in [0.2, 0.25) is 0 Å². The molecule has 1 saturated heterocycles. The fourth-order valence-corrected chi connectivity index (χ4v) is 6.36. The summed E-state index contributed by atoms with van der Waals surface area (Å²) in [6.07, 6.45) is 8.24. The van der Waals surface area contributed by atoms with Crippen LogP contribution in [-0.4, -0.2) is 65.3 Å². The zero-order chi connectivity index (χ0) is 24.3. The number of fused-ring (bicyclic) bond motifs is 1. The van der Waals surface area contributed by atoms with Crippen molar-refractivity contribution < 1.29 is 14.6 Å². The van der Waals surface area contributed by atoms with Gasteiger partial charge in [-0.3, -0.25) is 9.69 Å². The molecule has 1 aliphatic heterocycles. The van der Waals surface area contributed by atoms with Gasteiger partial charge in [0.2, 0.25) is 0 Å². The van der Waals surface area contributed by atoms with E-state index in [4.69, 9.17) is 4.74 Å². The lowest BCUT2D eigenvalue weighted by Gasteiger charge is -2.52. The van der Waals surface area contributed by atoms with Crippen molar-refractivity contribution in [3.63, 3.8) is 0 Å². The van der Waals surface area contributed by atoms with E-state index in [1.54, 1.807) is 0 Å². The molecule has 5 nitrogen and oxygen atoms in total. The van der Waals surface area contributed by atoms with E-state index in [1.165, 1.54) is 18.9 Å². The number of hydrogen-bond donors (Lipinski definition) is 1. The van der Waals surface area contributed by atoms with Gasteiger partial charge in [-0.25, -0.2) is 0 Å². The predicted molar refractivity (Wildman–Crippen MR) is 135 cm³/mol. The molecule has 1 saturated carbocycles. The molecular weight excluding hydrogens is 424 g/mol. The first kappa shape index (κ1) is 25.4. The fraction of sp³-hybridized carbons (Fsp3) is 0.655. The molecule has 1 aromatic carbocycles. The lowest BCUT2D eigenvalue weighted by atomic mass is 9.57. The van der Waals surface area contributed by atoms with Crippen molar-refractivity contribution in [2.75, 3.05) is 32.7 Å². The van der Waals surface area contributed by atoms with Crippen LogP contribution in [0.5, 0.6) is 0 Å². The Morgan fingerprint density at radius 1 is 1.18 bits per heavy atom. The van der Waals surface area contributed by atoms with Gasteiger partial charge in [-0.2, -0.15) is 0 Å². The Morgan fingerprint density at radius 3 is 2.62 bits per heavy atom. The largest absolute Gasteiger partial charge is 0.457 e. The van der Waals surface area contributed by atoms with Gasteiger partial charge in [0.05, 0.1) is 12.0 Å². The zero-order valence-corrected chi connectivity index (χ0v) is 21.4. The van der Waals surface area contributed by atoms with Gasteiger partial charge in [0, 0.05) is 39.0 Å². The Labute approximate surface area is 206 Å². The van der Waals surface area contributed by atoms with E-state index in [9.17, 15) is 9.90 Å². The molecule has 186 valence electrons. The lowest BCUT2D eigenvalue weighted by molar-refractivity contribution is -0.148. The minimum absolute atomic E-state index is 0.0274. The number of esters is 1. The van der Waals surface area contributed by atoms with Crippen LogP contribution in [-0.2, 0) is 16.1 Å². The number of ether oxygens (including phenoxy) is 1. The van der Waals surface area contributed by atoms with Crippen LogP contribution >= 0.6 is 0 Å². The van der Waals surface area contributed by atoms with Gasteiger partial charge >= 0.3 is 5.97 Å². The number of hydrogen-bond acceptors (Lipinski definition) is 5. The maximum Gasteiger partial charge on any atom is 0.303 e. The summed E-state index contributed by atoms with van der Waals surface area (Å²) < 4.78 is 5.46. The molecule has 2 fully saturated rings. The highest BCUT2D eigenvalue weighted by Gasteiger charge is 2.53. The van der Waals surface area contributed by atoms with Gasteiger partial charge in [-0.15, -0.1) is 0 Å². The van der Waals surface area contributed by atoms with Crippen LogP contribution in [0.15, 0.2) is 42.0 Å². The molecule has 6 atom stereocenters. The topological polar surface area (TPSA) is 53.0 Å². The molecule has 0 bridgehead atoms. The normalized spacial score (nSPS) is 34.0. The average molecular weight is 467 g/mol. The Hall–Kier alpha value is -1.69. The molecule has 1 aromatic rings. The number of aliphatic hydroxyl groups is 1. The quantitative estimate of drug-likeness (QED) is 0.503. The monoisotopic (exact) mass is 466 g/mol. The Kier molecular flexibility index (Phi) is 8.16. The molecule has 2 aliphatic carbocycles. The number of carbonyl (C=O) groups is 1. The second-order valence-electron chi connectivity index (χ2n) is 10.9. The number of rotatable bonds is 6. The second kappa shape index (κ2) is 10.9. The third kappa shape index (κ3) is 5.75. The van der Waals surface area contributed by atoms with Crippen LogP contribution in [0.1, 0.15) is 52.5 Å². The molecule has 34 heavy (non-hydrogen) atoms. The molecule has 0 spiro atoms. The lowest BCUT2D eigenvalue weighted by Crippen LogP contribution is -2.56. The maximum absolute atomic E-state index is 11.7. The third-order valence-electron chi connectivity index (χ3n) is 8.36. The van der Waals surface area contributed by atoms with Crippen LogP contribution in [0.4, 0.5) is 0 Å². The summed E-state index contributed by atoms with van der Waals surface area (Å²) in [5.41, 5.74) is 1.34. The first-order valence-corrected chi connectivity index (χ1v) is 13.1. The van der Waals surface area contributed by atoms with Gasteiger partial charge in [-0.05, 0) is 68.2 Å². The number of carbonyl (C=O) groups excluding carboxylic acids is 1. The molecule has 2 radical (unpaired) electrons. The van der Waals surface area contributed by atoms with Crippen molar-refractivity contribution in [3.05, 3.63) is 54.0 Å². The fourth-order valence-electron chi connectivity index (χ4n) is 6.36. The highest BCUT2D eigenvalue weighted by molar-refractivity contribution is 5.66. The molecular formula is C29H42N2O3. The minimum atomic E-state index is -1.04. The smallest absolute Gasteiger partial charge is 0.303 e. The van der Waals surface area contributed by atoms with Crippen LogP contribution in [0.25, 0.3) is 0 Å². The van der Waals surface area contributed by atoms with Crippen molar-refractivity contribution in [1.82, 2.24) is 9.80 Å². The van der Waals surface area contributed by atoms with Crippen molar-refractivity contribution >= 4 is 5.97 Å². The van der Waals surface area contributed by atoms with Crippen molar-refractivity contribution in [2.24, 2.45) is 23.7 Å². The predicted octanol–water partition coefficient (Wildman–Crippen LogP) is 4.20. The van der Waals surface area contributed by atoms with Crippen LogP contribution in [0, 0.1) is 30.1 Å². The highest BCUT2D eigenvalue weighted by atomic mass is 16.5. The molecule has 4 rings (SSSR count). The van der Waals surface area contributed by atoms with Crippen LogP contribution < -0.4 is 0 Å². The first-order chi connectivity index (χ1) is 16.3. The van der Waals surface area contributed by atoms with E-state index in [0.717, 1.165) is 57.7 Å². The zero-order valence-electron chi connectivity index (χ0n) is 21.4. The van der Waals surface area contributed by atoms with E-state index in [1.807, 2.05) is 6.92 Å². The van der Waals surface area contributed by atoms with E-state index < -0.39 is 11.7 Å².